The molecule has 3 nitrogen and oxygen atoms in total. The Morgan fingerprint density at radius 2 is 2.35 bits per heavy atom. The Bertz CT molecular complexity index is 242. The van der Waals surface area contributed by atoms with Crippen LogP contribution >= 0.6 is 11.8 Å². The summed E-state index contributed by atoms with van der Waals surface area (Å²) >= 11 is 2.07. The quantitative estimate of drug-likeness (QED) is 0.815. The SMILES string of the molecule is C1CSCC2(C1)OCCNC2CC1CCOC1. The Morgan fingerprint density at radius 1 is 1.35 bits per heavy atom. The first-order valence-electron chi connectivity index (χ1n) is 6.92. The molecule has 1 spiro atoms. The van der Waals surface area contributed by atoms with E-state index in [0.717, 1.165) is 32.3 Å². The summed E-state index contributed by atoms with van der Waals surface area (Å²) in [5.41, 5.74) is 0.129. The molecule has 3 aliphatic rings. The van der Waals surface area contributed by atoms with Crippen molar-refractivity contribution in [3.05, 3.63) is 0 Å². The van der Waals surface area contributed by atoms with E-state index in [2.05, 4.69) is 17.1 Å². The minimum Gasteiger partial charge on any atom is -0.381 e. The highest BCUT2D eigenvalue weighted by atomic mass is 32.2. The van der Waals surface area contributed by atoms with Crippen molar-refractivity contribution in [1.29, 1.82) is 0 Å². The first-order valence-corrected chi connectivity index (χ1v) is 8.07. The summed E-state index contributed by atoms with van der Waals surface area (Å²) in [4.78, 5) is 0. The number of rotatable bonds is 2. The van der Waals surface area contributed by atoms with Gasteiger partial charge in [0.05, 0.1) is 12.2 Å². The van der Waals surface area contributed by atoms with Gasteiger partial charge in [-0.3, -0.25) is 0 Å². The lowest BCUT2D eigenvalue weighted by Crippen LogP contribution is -2.61. The van der Waals surface area contributed by atoms with Gasteiger partial charge < -0.3 is 14.8 Å². The van der Waals surface area contributed by atoms with Gasteiger partial charge in [0.25, 0.3) is 0 Å². The molecule has 0 bridgehead atoms. The maximum atomic E-state index is 6.21. The molecule has 0 radical (unpaired) electrons. The van der Waals surface area contributed by atoms with Crippen LogP contribution < -0.4 is 5.32 Å². The first kappa shape index (κ1) is 12.3. The molecule has 3 fully saturated rings. The molecule has 3 aliphatic heterocycles. The van der Waals surface area contributed by atoms with Gasteiger partial charge in [0.2, 0.25) is 0 Å². The normalized spacial score (nSPS) is 43.1. The van der Waals surface area contributed by atoms with Crippen LogP contribution in [0, 0.1) is 5.92 Å². The second kappa shape index (κ2) is 5.47. The molecule has 3 heterocycles. The predicted octanol–water partition coefficient (Wildman–Crippen LogP) is 1.67. The highest BCUT2D eigenvalue weighted by Crippen LogP contribution is 2.37. The Kier molecular flexibility index (Phi) is 3.95. The minimum atomic E-state index is 0.129. The highest BCUT2D eigenvalue weighted by molar-refractivity contribution is 7.99. The molecule has 3 saturated heterocycles. The fraction of sp³-hybridized carbons (Fsp3) is 1.00. The van der Waals surface area contributed by atoms with Crippen LogP contribution in [0.4, 0.5) is 0 Å². The Hall–Kier alpha value is 0.230. The van der Waals surface area contributed by atoms with Gasteiger partial charge in [-0.15, -0.1) is 0 Å². The molecule has 3 unspecified atom stereocenters. The Balaban J connectivity index is 1.65. The van der Waals surface area contributed by atoms with E-state index in [1.807, 2.05) is 0 Å². The Morgan fingerprint density at radius 3 is 3.12 bits per heavy atom. The van der Waals surface area contributed by atoms with Crippen LogP contribution in [0.5, 0.6) is 0 Å². The van der Waals surface area contributed by atoms with E-state index in [4.69, 9.17) is 9.47 Å². The molecule has 0 aromatic carbocycles. The van der Waals surface area contributed by atoms with Crippen molar-refractivity contribution in [1.82, 2.24) is 5.32 Å². The molecule has 0 saturated carbocycles. The number of hydrogen-bond donors (Lipinski definition) is 1. The van der Waals surface area contributed by atoms with Gasteiger partial charge in [-0.25, -0.2) is 0 Å². The lowest BCUT2D eigenvalue weighted by atomic mass is 9.83. The van der Waals surface area contributed by atoms with Crippen LogP contribution in [0.3, 0.4) is 0 Å². The molecule has 3 atom stereocenters. The summed E-state index contributed by atoms with van der Waals surface area (Å²) in [7, 11) is 0. The number of thioether (sulfide) groups is 1. The molecular weight excluding hydrogens is 234 g/mol. The van der Waals surface area contributed by atoms with E-state index in [-0.39, 0.29) is 5.60 Å². The van der Waals surface area contributed by atoms with Crippen molar-refractivity contribution in [2.75, 3.05) is 37.9 Å². The zero-order chi connectivity index (χ0) is 11.6. The highest BCUT2D eigenvalue weighted by Gasteiger charge is 2.44. The van der Waals surface area contributed by atoms with Crippen LogP contribution in [-0.4, -0.2) is 49.5 Å². The molecule has 98 valence electrons. The minimum absolute atomic E-state index is 0.129. The van der Waals surface area contributed by atoms with Crippen molar-refractivity contribution in [3.8, 4) is 0 Å². The molecule has 0 aliphatic carbocycles. The molecule has 4 heteroatoms. The van der Waals surface area contributed by atoms with E-state index in [9.17, 15) is 0 Å². The van der Waals surface area contributed by atoms with E-state index in [0.29, 0.717) is 6.04 Å². The van der Waals surface area contributed by atoms with Gasteiger partial charge >= 0.3 is 0 Å². The molecular formula is C13H23NO2S. The van der Waals surface area contributed by atoms with Gasteiger partial charge in [-0.2, -0.15) is 11.8 Å². The fourth-order valence-electron chi connectivity index (χ4n) is 3.35. The molecule has 0 aromatic heterocycles. The molecule has 0 aromatic rings. The number of hydrogen-bond acceptors (Lipinski definition) is 4. The summed E-state index contributed by atoms with van der Waals surface area (Å²) in [6.07, 6.45) is 5.03. The second-order valence-electron chi connectivity index (χ2n) is 5.54. The van der Waals surface area contributed by atoms with Gasteiger partial charge in [-0.1, -0.05) is 0 Å². The fourth-order valence-corrected chi connectivity index (χ4v) is 4.62. The van der Waals surface area contributed by atoms with E-state index >= 15 is 0 Å². The standard InChI is InChI=1S/C13H23NO2S/c1-3-13(10-17-7-1)12(14-4-6-16-13)8-11-2-5-15-9-11/h11-12,14H,1-10H2. The molecule has 3 rings (SSSR count). The van der Waals surface area contributed by atoms with Gasteiger partial charge in [-0.05, 0) is 37.4 Å². The molecule has 17 heavy (non-hydrogen) atoms. The monoisotopic (exact) mass is 257 g/mol. The lowest BCUT2D eigenvalue weighted by Gasteiger charge is -2.47. The summed E-state index contributed by atoms with van der Waals surface area (Å²) in [5, 5.41) is 3.71. The van der Waals surface area contributed by atoms with Gasteiger partial charge in [0.15, 0.2) is 0 Å². The number of morpholine rings is 1. The van der Waals surface area contributed by atoms with Gasteiger partial charge in [0.1, 0.15) is 0 Å². The van der Waals surface area contributed by atoms with Crippen molar-refractivity contribution in [2.45, 2.75) is 37.3 Å². The summed E-state index contributed by atoms with van der Waals surface area (Å²) in [6, 6.07) is 0.552. The van der Waals surface area contributed by atoms with Crippen molar-refractivity contribution in [2.24, 2.45) is 5.92 Å². The average Bonchev–Trinajstić information content (AvgIpc) is 2.86. The Labute approximate surface area is 108 Å². The molecule has 0 amide bonds. The van der Waals surface area contributed by atoms with E-state index < -0.39 is 0 Å². The summed E-state index contributed by atoms with van der Waals surface area (Å²) in [5.74, 6) is 3.24. The maximum Gasteiger partial charge on any atom is 0.0925 e. The van der Waals surface area contributed by atoms with Crippen LogP contribution in [0.25, 0.3) is 0 Å². The molecule has 1 N–H and O–H groups in total. The van der Waals surface area contributed by atoms with Crippen LogP contribution in [0.1, 0.15) is 25.7 Å². The largest absolute Gasteiger partial charge is 0.381 e. The second-order valence-corrected chi connectivity index (χ2v) is 6.65. The lowest BCUT2D eigenvalue weighted by molar-refractivity contribution is -0.0923. The van der Waals surface area contributed by atoms with Crippen molar-refractivity contribution < 1.29 is 9.47 Å². The third-order valence-corrected chi connectivity index (χ3v) is 5.62. The summed E-state index contributed by atoms with van der Waals surface area (Å²) < 4.78 is 11.7. The van der Waals surface area contributed by atoms with Crippen molar-refractivity contribution >= 4 is 11.8 Å². The third-order valence-electron chi connectivity index (χ3n) is 4.35. The first-order chi connectivity index (χ1) is 8.39. The number of ether oxygens (including phenoxy) is 2. The van der Waals surface area contributed by atoms with E-state index in [1.54, 1.807) is 0 Å². The zero-order valence-corrected chi connectivity index (χ0v) is 11.3. The maximum absolute atomic E-state index is 6.21. The van der Waals surface area contributed by atoms with Crippen LogP contribution in [-0.2, 0) is 9.47 Å². The smallest absolute Gasteiger partial charge is 0.0925 e. The van der Waals surface area contributed by atoms with Crippen LogP contribution in [0.2, 0.25) is 0 Å². The average molecular weight is 257 g/mol. The van der Waals surface area contributed by atoms with Gasteiger partial charge in [0, 0.05) is 31.6 Å². The third kappa shape index (κ3) is 2.65. The van der Waals surface area contributed by atoms with Crippen molar-refractivity contribution in [3.63, 3.8) is 0 Å². The van der Waals surface area contributed by atoms with E-state index in [1.165, 1.54) is 37.2 Å². The predicted molar refractivity (Wildman–Crippen MR) is 70.6 cm³/mol. The van der Waals surface area contributed by atoms with Crippen LogP contribution in [0.15, 0.2) is 0 Å². The topological polar surface area (TPSA) is 30.5 Å². The summed E-state index contributed by atoms with van der Waals surface area (Å²) in [6.45, 7) is 3.82. The zero-order valence-electron chi connectivity index (χ0n) is 10.5. The number of nitrogens with one attached hydrogen (secondary N) is 1.